The first kappa shape index (κ1) is 25.4. The van der Waals surface area contributed by atoms with Gasteiger partial charge in [-0.05, 0) is 31.2 Å². The van der Waals surface area contributed by atoms with Crippen LogP contribution in [0.5, 0.6) is 0 Å². The third kappa shape index (κ3) is 9.12. The van der Waals surface area contributed by atoms with Crippen LogP contribution in [0, 0.1) is 0 Å². The molecule has 0 aliphatic carbocycles. The molecule has 12 heteroatoms. The molecule has 1 fully saturated rings. The van der Waals surface area contributed by atoms with Crippen molar-refractivity contribution in [2.45, 2.75) is 6.92 Å². The van der Waals surface area contributed by atoms with Gasteiger partial charge in [0, 0.05) is 31.9 Å². The maximum absolute atomic E-state index is 12.1. The van der Waals surface area contributed by atoms with E-state index in [9.17, 15) is 14.4 Å². The summed E-state index contributed by atoms with van der Waals surface area (Å²) in [6.07, 6.45) is -0.308. The number of benzene rings is 1. The summed E-state index contributed by atoms with van der Waals surface area (Å²) in [4.78, 5) is 57.0. The third-order valence-corrected chi connectivity index (χ3v) is 4.04. The lowest BCUT2D eigenvalue weighted by Crippen LogP contribution is -2.50. The third-order valence-electron chi connectivity index (χ3n) is 4.04. The zero-order valence-electron chi connectivity index (χ0n) is 17.2. The molecule has 2 rings (SSSR count). The smallest absolute Gasteiger partial charge is 0.414 e. The summed E-state index contributed by atoms with van der Waals surface area (Å²) in [6.45, 7) is 4.70. The number of piperazine rings is 1. The van der Waals surface area contributed by atoms with Crippen molar-refractivity contribution in [1.29, 1.82) is 0 Å². The highest BCUT2D eigenvalue weighted by molar-refractivity contribution is 6.27. The normalized spacial score (nSPS) is 13.3. The van der Waals surface area contributed by atoms with Gasteiger partial charge in [0.2, 0.25) is 5.91 Å². The van der Waals surface area contributed by atoms with Crippen LogP contribution in [0.1, 0.15) is 17.3 Å². The molecule has 1 aromatic carbocycles. The molecule has 1 heterocycles. The van der Waals surface area contributed by atoms with Crippen molar-refractivity contribution in [3.63, 3.8) is 0 Å². The molecule has 3 N–H and O–H groups in total. The van der Waals surface area contributed by atoms with E-state index in [4.69, 9.17) is 24.5 Å². The number of carbonyl (C=O) groups excluding carboxylic acids is 3. The zero-order valence-corrected chi connectivity index (χ0v) is 17.2. The molecule has 0 saturated carbocycles. The number of nitrogens with one attached hydrogen (secondary N) is 1. The predicted octanol–water partition coefficient (Wildman–Crippen LogP) is 0.341. The van der Waals surface area contributed by atoms with E-state index in [0.29, 0.717) is 44.0 Å². The fraction of sp³-hybridized carbons (Fsp3) is 0.421. The van der Waals surface area contributed by atoms with Crippen molar-refractivity contribution in [1.82, 2.24) is 9.80 Å². The Bertz CT molecular complexity index is 775. The predicted molar refractivity (Wildman–Crippen MR) is 107 cm³/mol. The number of aliphatic carboxylic acids is 2. The average molecular weight is 439 g/mol. The monoisotopic (exact) mass is 439 g/mol. The Morgan fingerprint density at radius 1 is 0.968 bits per heavy atom. The zero-order chi connectivity index (χ0) is 23.4. The molecule has 31 heavy (non-hydrogen) atoms. The van der Waals surface area contributed by atoms with Crippen molar-refractivity contribution in [2.24, 2.45) is 0 Å². The average Bonchev–Trinajstić information content (AvgIpc) is 2.74. The molecular weight excluding hydrogens is 414 g/mol. The second-order valence-corrected chi connectivity index (χ2v) is 6.19. The van der Waals surface area contributed by atoms with E-state index in [1.807, 2.05) is 4.90 Å². The first-order valence-corrected chi connectivity index (χ1v) is 9.26. The van der Waals surface area contributed by atoms with Crippen LogP contribution in [0.3, 0.4) is 0 Å². The summed E-state index contributed by atoms with van der Waals surface area (Å²) >= 11 is 0. The lowest BCUT2D eigenvalue weighted by molar-refractivity contribution is -0.159. The molecule has 0 unspecified atom stereocenters. The van der Waals surface area contributed by atoms with Crippen LogP contribution in [0.15, 0.2) is 24.3 Å². The van der Waals surface area contributed by atoms with E-state index in [1.165, 1.54) is 7.11 Å². The molecular formula is C19H25N3O9. The Kier molecular flexibility index (Phi) is 10.5. The van der Waals surface area contributed by atoms with Gasteiger partial charge < -0.3 is 29.9 Å². The van der Waals surface area contributed by atoms with E-state index in [0.717, 1.165) is 0 Å². The SMILES string of the molecule is CCOC(=O)N1CCN(CC(=O)Nc2ccc(C(=O)OC)cc2)CC1.O=C(O)C(=O)O. The standard InChI is InChI=1S/C17H23N3O5.C2H2O4/c1-3-25-17(23)20-10-8-19(9-11-20)12-15(21)18-14-6-4-13(5-7-14)16(22)24-2;3-1(4)2(5)6/h4-7H,3,8-12H2,1-2H3,(H,18,21);(H,3,4)(H,5,6). The maximum Gasteiger partial charge on any atom is 0.414 e. The second kappa shape index (κ2) is 12.8. The highest BCUT2D eigenvalue weighted by Crippen LogP contribution is 2.11. The van der Waals surface area contributed by atoms with E-state index >= 15 is 0 Å². The molecule has 0 bridgehead atoms. The van der Waals surface area contributed by atoms with Gasteiger partial charge in [0.05, 0.1) is 25.8 Å². The lowest BCUT2D eigenvalue weighted by atomic mass is 10.2. The topological polar surface area (TPSA) is 163 Å². The van der Waals surface area contributed by atoms with Crippen molar-refractivity contribution >= 4 is 35.6 Å². The van der Waals surface area contributed by atoms with Crippen LogP contribution in [0.25, 0.3) is 0 Å². The van der Waals surface area contributed by atoms with Crippen LogP contribution in [-0.2, 0) is 23.9 Å². The van der Waals surface area contributed by atoms with Crippen LogP contribution in [0.4, 0.5) is 10.5 Å². The van der Waals surface area contributed by atoms with Crippen LogP contribution < -0.4 is 5.32 Å². The van der Waals surface area contributed by atoms with Gasteiger partial charge in [-0.2, -0.15) is 0 Å². The molecule has 2 amide bonds. The van der Waals surface area contributed by atoms with Crippen LogP contribution >= 0.6 is 0 Å². The van der Waals surface area contributed by atoms with Crippen molar-refractivity contribution in [2.75, 3.05) is 51.8 Å². The summed E-state index contributed by atoms with van der Waals surface area (Å²) in [5.41, 5.74) is 1.04. The molecule has 0 spiro atoms. The minimum atomic E-state index is -1.82. The largest absolute Gasteiger partial charge is 0.473 e. The summed E-state index contributed by atoms with van der Waals surface area (Å²) in [7, 11) is 1.32. The van der Waals surface area contributed by atoms with Crippen molar-refractivity contribution in [3.05, 3.63) is 29.8 Å². The number of hydrogen-bond acceptors (Lipinski definition) is 8. The van der Waals surface area contributed by atoms with Gasteiger partial charge in [0.25, 0.3) is 0 Å². The molecule has 1 aliphatic heterocycles. The van der Waals surface area contributed by atoms with Gasteiger partial charge in [0.1, 0.15) is 0 Å². The van der Waals surface area contributed by atoms with E-state index in [1.54, 1.807) is 36.1 Å². The molecule has 0 radical (unpaired) electrons. The lowest BCUT2D eigenvalue weighted by Gasteiger charge is -2.33. The number of esters is 1. The molecule has 1 saturated heterocycles. The number of amides is 2. The van der Waals surface area contributed by atoms with Gasteiger partial charge in [-0.3, -0.25) is 9.69 Å². The molecule has 0 atom stereocenters. The van der Waals surface area contributed by atoms with E-state index < -0.39 is 17.9 Å². The molecule has 0 aromatic heterocycles. The maximum atomic E-state index is 12.1. The Morgan fingerprint density at radius 2 is 1.52 bits per heavy atom. The molecule has 170 valence electrons. The van der Waals surface area contributed by atoms with Gasteiger partial charge in [-0.15, -0.1) is 0 Å². The Morgan fingerprint density at radius 3 is 1.97 bits per heavy atom. The van der Waals surface area contributed by atoms with E-state index in [2.05, 4.69) is 10.1 Å². The van der Waals surface area contributed by atoms with Gasteiger partial charge >= 0.3 is 24.0 Å². The number of anilines is 1. The number of methoxy groups -OCH3 is 1. The minimum absolute atomic E-state index is 0.143. The van der Waals surface area contributed by atoms with Gasteiger partial charge in [-0.25, -0.2) is 19.2 Å². The van der Waals surface area contributed by atoms with Gasteiger partial charge in [-0.1, -0.05) is 0 Å². The number of carbonyl (C=O) groups is 5. The van der Waals surface area contributed by atoms with Gasteiger partial charge in [0.15, 0.2) is 0 Å². The summed E-state index contributed by atoms with van der Waals surface area (Å²) in [5, 5.41) is 17.6. The first-order chi connectivity index (χ1) is 14.7. The molecule has 1 aromatic rings. The summed E-state index contributed by atoms with van der Waals surface area (Å²) < 4.78 is 9.60. The number of rotatable bonds is 5. The fourth-order valence-corrected chi connectivity index (χ4v) is 2.51. The number of ether oxygens (including phenoxy) is 2. The first-order valence-electron chi connectivity index (χ1n) is 9.26. The van der Waals surface area contributed by atoms with Crippen LogP contribution in [0.2, 0.25) is 0 Å². The Hall–Kier alpha value is -3.67. The number of carboxylic acid groups (broad SMARTS) is 2. The quantitative estimate of drug-likeness (QED) is 0.431. The Balaban J connectivity index is 0.000000703. The Labute approximate surface area is 178 Å². The minimum Gasteiger partial charge on any atom is -0.473 e. The fourth-order valence-electron chi connectivity index (χ4n) is 2.51. The van der Waals surface area contributed by atoms with Crippen molar-refractivity contribution in [3.8, 4) is 0 Å². The van der Waals surface area contributed by atoms with Crippen LogP contribution in [-0.4, -0.2) is 96.4 Å². The number of carboxylic acids is 2. The number of nitrogens with zero attached hydrogens (tertiary/aromatic N) is 2. The van der Waals surface area contributed by atoms with E-state index in [-0.39, 0.29) is 18.5 Å². The number of hydrogen-bond donors (Lipinski definition) is 3. The molecule has 1 aliphatic rings. The summed E-state index contributed by atoms with van der Waals surface area (Å²) in [5.74, 6) is -4.21. The summed E-state index contributed by atoms with van der Waals surface area (Å²) in [6, 6.07) is 6.50. The second-order valence-electron chi connectivity index (χ2n) is 6.19. The molecule has 12 nitrogen and oxygen atoms in total. The van der Waals surface area contributed by atoms with Crippen molar-refractivity contribution < 1.29 is 43.7 Å². The highest BCUT2D eigenvalue weighted by Gasteiger charge is 2.23. The highest BCUT2D eigenvalue weighted by atomic mass is 16.6.